The van der Waals surface area contributed by atoms with Crippen molar-refractivity contribution in [2.75, 3.05) is 20.1 Å². The van der Waals surface area contributed by atoms with Crippen molar-refractivity contribution in [1.29, 1.82) is 0 Å². The first kappa shape index (κ1) is 26.0. The van der Waals surface area contributed by atoms with Gasteiger partial charge in [0.2, 0.25) is 0 Å². The van der Waals surface area contributed by atoms with Crippen LogP contribution in [0.15, 0.2) is 65.7 Å². The van der Waals surface area contributed by atoms with E-state index in [9.17, 15) is 5.11 Å². The van der Waals surface area contributed by atoms with Gasteiger partial charge in [0.15, 0.2) is 5.96 Å². The molecule has 2 aromatic rings. The normalized spacial score (nSPS) is 24.9. The Hall–Kier alpha value is -1.64. The lowest BCUT2D eigenvalue weighted by Gasteiger charge is -2.47. The molecule has 6 heteroatoms. The number of aliphatic hydroxyl groups is 1. The summed E-state index contributed by atoms with van der Waals surface area (Å²) in [6.45, 7) is 3.20. The monoisotopic (exact) mass is 562 g/mol. The van der Waals surface area contributed by atoms with E-state index in [-0.39, 0.29) is 24.0 Å². The van der Waals surface area contributed by atoms with Gasteiger partial charge in [-0.05, 0) is 50.8 Å². The average molecular weight is 563 g/mol. The molecule has 2 aliphatic rings. The van der Waals surface area contributed by atoms with Crippen LogP contribution >= 0.6 is 24.0 Å². The van der Waals surface area contributed by atoms with Crippen LogP contribution in [0.2, 0.25) is 0 Å². The third-order valence-electron chi connectivity index (χ3n) is 7.17. The van der Waals surface area contributed by atoms with Crippen molar-refractivity contribution in [3.63, 3.8) is 0 Å². The fraction of sp³-hybridized carbons (Fsp3) is 0.519. The van der Waals surface area contributed by atoms with Crippen LogP contribution in [-0.2, 0) is 12.0 Å². The molecule has 2 aliphatic heterocycles. The summed E-state index contributed by atoms with van der Waals surface area (Å²) in [6.07, 6.45) is 6.78. The Morgan fingerprint density at radius 3 is 2.24 bits per heavy atom. The highest BCUT2D eigenvalue weighted by Gasteiger charge is 2.36. The quantitative estimate of drug-likeness (QED) is 0.268. The molecule has 0 radical (unpaired) electrons. The Morgan fingerprint density at radius 1 is 1.03 bits per heavy atom. The minimum Gasteiger partial charge on any atom is -0.383 e. The lowest BCUT2D eigenvalue weighted by Crippen LogP contribution is -2.56. The van der Waals surface area contributed by atoms with Crippen LogP contribution in [-0.4, -0.2) is 54.2 Å². The lowest BCUT2D eigenvalue weighted by atomic mass is 9.82. The number of nitrogens with one attached hydrogen (secondary N) is 2. The van der Waals surface area contributed by atoms with Gasteiger partial charge >= 0.3 is 0 Å². The average Bonchev–Trinajstić information content (AvgIpc) is 2.80. The number of hydrogen-bond donors (Lipinski definition) is 3. The summed E-state index contributed by atoms with van der Waals surface area (Å²) in [4.78, 5) is 7.48. The fourth-order valence-electron chi connectivity index (χ4n) is 5.39. The van der Waals surface area contributed by atoms with E-state index in [1.165, 1.54) is 19.3 Å². The molecule has 3 N–H and O–H groups in total. The zero-order valence-electron chi connectivity index (χ0n) is 19.9. The van der Waals surface area contributed by atoms with Crippen molar-refractivity contribution in [1.82, 2.24) is 15.5 Å². The van der Waals surface area contributed by atoms with Crippen molar-refractivity contribution < 1.29 is 5.11 Å². The lowest BCUT2D eigenvalue weighted by molar-refractivity contribution is 0.0459. The minimum atomic E-state index is -1.06. The zero-order valence-corrected chi connectivity index (χ0v) is 22.2. The van der Waals surface area contributed by atoms with Crippen LogP contribution in [0.5, 0.6) is 0 Å². The van der Waals surface area contributed by atoms with Gasteiger partial charge in [0.25, 0.3) is 0 Å². The number of guanidine groups is 1. The van der Waals surface area contributed by atoms with Gasteiger partial charge in [-0.2, -0.15) is 0 Å². The Bertz CT molecular complexity index is 864. The van der Waals surface area contributed by atoms with Crippen molar-refractivity contribution in [2.45, 2.75) is 69.2 Å². The smallest absolute Gasteiger partial charge is 0.191 e. The molecule has 2 bridgehead atoms. The Labute approximate surface area is 216 Å². The molecule has 3 atom stereocenters. The molecular weight excluding hydrogens is 523 g/mol. The van der Waals surface area contributed by atoms with Crippen molar-refractivity contribution in [3.05, 3.63) is 71.8 Å². The molecule has 180 valence electrons. The molecule has 2 saturated heterocycles. The van der Waals surface area contributed by atoms with Gasteiger partial charge in [-0.3, -0.25) is 0 Å². The van der Waals surface area contributed by atoms with E-state index in [0.717, 1.165) is 36.5 Å². The highest BCUT2D eigenvalue weighted by Crippen LogP contribution is 2.32. The second-order valence-corrected chi connectivity index (χ2v) is 9.47. The van der Waals surface area contributed by atoms with Gasteiger partial charge in [0, 0.05) is 31.1 Å². The van der Waals surface area contributed by atoms with E-state index >= 15 is 0 Å². The summed E-state index contributed by atoms with van der Waals surface area (Å²) in [5.41, 5.74) is 0.946. The number of nitrogens with zero attached hydrogens (tertiary/aromatic N) is 2. The minimum absolute atomic E-state index is 0. The number of hydrogen-bond acceptors (Lipinski definition) is 3. The Kier molecular flexibility index (Phi) is 9.58. The van der Waals surface area contributed by atoms with E-state index in [2.05, 4.69) is 41.6 Å². The summed E-state index contributed by atoms with van der Waals surface area (Å²) in [6, 6.07) is 21.9. The molecular formula is C27H39IN4O. The Morgan fingerprint density at radius 2 is 1.64 bits per heavy atom. The third kappa shape index (κ3) is 6.70. The fourth-order valence-corrected chi connectivity index (χ4v) is 5.39. The summed E-state index contributed by atoms with van der Waals surface area (Å²) >= 11 is 0. The molecule has 2 aromatic carbocycles. The van der Waals surface area contributed by atoms with Crippen molar-refractivity contribution in [3.8, 4) is 0 Å². The highest BCUT2D eigenvalue weighted by molar-refractivity contribution is 14.0. The molecule has 0 saturated carbocycles. The van der Waals surface area contributed by atoms with E-state index in [4.69, 9.17) is 4.99 Å². The van der Waals surface area contributed by atoms with Crippen molar-refractivity contribution >= 4 is 29.9 Å². The van der Waals surface area contributed by atoms with Crippen LogP contribution in [0.25, 0.3) is 0 Å². The van der Waals surface area contributed by atoms with E-state index in [0.29, 0.717) is 31.1 Å². The predicted molar refractivity (Wildman–Crippen MR) is 147 cm³/mol. The molecule has 2 heterocycles. The van der Waals surface area contributed by atoms with Gasteiger partial charge in [0.05, 0.1) is 6.54 Å². The first-order valence-electron chi connectivity index (χ1n) is 12.2. The molecule has 33 heavy (non-hydrogen) atoms. The number of halogens is 1. The maximum atomic E-state index is 11.8. The van der Waals surface area contributed by atoms with Crippen LogP contribution in [0, 0.1) is 0 Å². The largest absolute Gasteiger partial charge is 0.383 e. The second-order valence-electron chi connectivity index (χ2n) is 9.47. The molecule has 0 aliphatic carbocycles. The standard InChI is InChI=1S/C27H38N4O.HI/c1-3-28-26(30-23-17-24-15-10-16-25(18-23)31(24)2)29-20-27(32,22-13-8-5-9-14-22)19-21-11-6-4-7-12-21;/h4-9,11-14,23-25,32H,3,10,15-20H2,1-2H3,(H2,28,29,30);1H. The second kappa shape index (κ2) is 12.2. The predicted octanol–water partition coefficient (Wildman–Crippen LogP) is 4.31. The first-order chi connectivity index (χ1) is 15.6. The molecule has 0 amide bonds. The zero-order chi connectivity index (χ0) is 22.4. The van der Waals surface area contributed by atoms with Gasteiger partial charge in [0.1, 0.15) is 5.60 Å². The van der Waals surface area contributed by atoms with E-state index in [1.807, 2.05) is 48.5 Å². The SMILES string of the molecule is CCNC(=NCC(O)(Cc1ccccc1)c1ccccc1)NC1CC2CCCC(C1)N2C.I. The van der Waals surface area contributed by atoms with Crippen LogP contribution in [0.1, 0.15) is 50.2 Å². The Balaban J connectivity index is 0.00000306. The number of fused-ring (bicyclic) bond motifs is 2. The van der Waals surface area contributed by atoms with E-state index in [1.54, 1.807) is 0 Å². The third-order valence-corrected chi connectivity index (χ3v) is 7.17. The number of piperidine rings is 2. The summed E-state index contributed by atoms with van der Waals surface area (Å²) in [5, 5.41) is 18.9. The van der Waals surface area contributed by atoms with Gasteiger partial charge < -0.3 is 20.6 Å². The van der Waals surface area contributed by atoms with Gasteiger partial charge in [-0.1, -0.05) is 67.1 Å². The first-order valence-corrected chi connectivity index (χ1v) is 12.2. The van der Waals surface area contributed by atoms with E-state index < -0.39 is 5.60 Å². The van der Waals surface area contributed by atoms with Gasteiger partial charge in [-0.25, -0.2) is 4.99 Å². The number of aliphatic imine (C=N–C) groups is 1. The number of rotatable bonds is 7. The molecule has 0 aromatic heterocycles. The maximum Gasteiger partial charge on any atom is 0.191 e. The summed E-state index contributed by atoms with van der Waals surface area (Å²) < 4.78 is 0. The van der Waals surface area contributed by atoms with Crippen LogP contribution < -0.4 is 10.6 Å². The highest BCUT2D eigenvalue weighted by atomic mass is 127. The van der Waals surface area contributed by atoms with Gasteiger partial charge in [-0.15, -0.1) is 24.0 Å². The van der Waals surface area contributed by atoms with Crippen LogP contribution in [0.4, 0.5) is 0 Å². The maximum absolute atomic E-state index is 11.8. The van der Waals surface area contributed by atoms with Crippen molar-refractivity contribution in [2.24, 2.45) is 4.99 Å². The summed E-state index contributed by atoms with van der Waals surface area (Å²) in [7, 11) is 2.29. The summed E-state index contributed by atoms with van der Waals surface area (Å²) in [5.74, 6) is 0.808. The molecule has 0 spiro atoms. The number of benzene rings is 2. The molecule has 4 rings (SSSR count). The molecule has 3 unspecified atom stereocenters. The molecule has 2 fully saturated rings. The molecule has 5 nitrogen and oxygen atoms in total. The van der Waals surface area contributed by atoms with Crippen LogP contribution in [0.3, 0.4) is 0 Å². The topological polar surface area (TPSA) is 59.9 Å².